The Morgan fingerprint density at radius 1 is 1.12 bits per heavy atom. The normalized spacial score (nSPS) is 16.1. The number of amides is 2. The Hall–Kier alpha value is -2.82. The lowest BCUT2D eigenvalue weighted by Gasteiger charge is -2.11. The van der Waals surface area contributed by atoms with Gasteiger partial charge in [-0.3, -0.25) is 9.59 Å². The third kappa shape index (κ3) is 3.57. The van der Waals surface area contributed by atoms with E-state index in [0.29, 0.717) is 40.8 Å². The van der Waals surface area contributed by atoms with Crippen LogP contribution in [0.25, 0.3) is 0 Å². The summed E-state index contributed by atoms with van der Waals surface area (Å²) in [5.41, 5.74) is 1.66. The number of hydrogen-bond acceptors (Lipinski definition) is 3. The van der Waals surface area contributed by atoms with Crippen LogP contribution in [0.3, 0.4) is 0 Å². The van der Waals surface area contributed by atoms with E-state index in [4.69, 9.17) is 4.74 Å². The first-order chi connectivity index (χ1) is 12.7. The second kappa shape index (κ2) is 7.20. The molecule has 0 spiro atoms. The molecule has 0 unspecified atom stereocenters. The lowest BCUT2D eigenvalue weighted by molar-refractivity contribution is -0.116. The van der Waals surface area contributed by atoms with Gasteiger partial charge in [0.05, 0.1) is 11.3 Å². The highest BCUT2D eigenvalue weighted by atomic mass is 16.5. The van der Waals surface area contributed by atoms with Crippen molar-refractivity contribution in [2.75, 3.05) is 10.6 Å². The first kappa shape index (κ1) is 16.6. The summed E-state index contributed by atoms with van der Waals surface area (Å²) < 4.78 is 5.85. The number of hydrogen-bond donors (Lipinski definition) is 2. The molecule has 2 N–H and O–H groups in total. The van der Waals surface area contributed by atoms with Crippen molar-refractivity contribution in [1.29, 1.82) is 0 Å². The van der Waals surface area contributed by atoms with Crippen LogP contribution in [0, 0.1) is 5.92 Å². The first-order valence-corrected chi connectivity index (χ1v) is 9.21. The molecule has 2 amide bonds. The molecule has 1 aliphatic carbocycles. The Morgan fingerprint density at radius 2 is 1.92 bits per heavy atom. The van der Waals surface area contributed by atoms with Crippen LogP contribution in [-0.4, -0.2) is 11.8 Å². The summed E-state index contributed by atoms with van der Waals surface area (Å²) in [6.07, 6.45) is 6.52. The standard InChI is InChI=1S/C21H22N2O3/c24-20(12-9-14-5-1-2-6-14)22-15-10-11-18-16(13-15)21(25)23-17-7-3-4-8-19(17)26-18/h3-4,7-8,10-11,13-14H,1-2,5-6,9,12H2,(H,22,24)(H,23,25). The van der Waals surface area contributed by atoms with E-state index in [1.807, 2.05) is 18.2 Å². The minimum atomic E-state index is -0.244. The van der Waals surface area contributed by atoms with Gasteiger partial charge in [-0.05, 0) is 42.7 Å². The molecule has 0 radical (unpaired) electrons. The molecular weight excluding hydrogens is 328 g/mol. The molecule has 26 heavy (non-hydrogen) atoms. The summed E-state index contributed by atoms with van der Waals surface area (Å²) in [7, 11) is 0. The molecule has 2 aromatic rings. The van der Waals surface area contributed by atoms with E-state index in [9.17, 15) is 9.59 Å². The molecule has 0 saturated heterocycles. The van der Waals surface area contributed by atoms with Crippen LogP contribution < -0.4 is 15.4 Å². The number of ether oxygens (including phenoxy) is 1. The van der Waals surface area contributed by atoms with Gasteiger partial charge in [0.25, 0.3) is 5.91 Å². The van der Waals surface area contributed by atoms with E-state index in [-0.39, 0.29) is 11.8 Å². The molecule has 1 saturated carbocycles. The summed E-state index contributed by atoms with van der Waals surface area (Å²) in [5, 5.41) is 5.75. The topological polar surface area (TPSA) is 67.4 Å². The van der Waals surface area contributed by atoms with Crippen LogP contribution >= 0.6 is 0 Å². The summed E-state index contributed by atoms with van der Waals surface area (Å²) in [5.74, 6) is 1.52. The minimum absolute atomic E-state index is 0.00455. The first-order valence-electron chi connectivity index (χ1n) is 9.21. The van der Waals surface area contributed by atoms with Gasteiger partial charge in [-0.15, -0.1) is 0 Å². The number of rotatable bonds is 4. The molecule has 1 fully saturated rings. The highest BCUT2D eigenvalue weighted by Gasteiger charge is 2.21. The minimum Gasteiger partial charge on any atom is -0.454 e. The Labute approximate surface area is 152 Å². The van der Waals surface area contributed by atoms with E-state index < -0.39 is 0 Å². The Balaban J connectivity index is 1.46. The van der Waals surface area contributed by atoms with Crippen LogP contribution in [0.5, 0.6) is 11.5 Å². The highest BCUT2D eigenvalue weighted by molar-refractivity contribution is 6.09. The Bertz CT molecular complexity index is 841. The van der Waals surface area contributed by atoms with E-state index in [1.54, 1.807) is 24.3 Å². The van der Waals surface area contributed by atoms with Crippen molar-refractivity contribution < 1.29 is 14.3 Å². The fraction of sp³-hybridized carbons (Fsp3) is 0.333. The summed E-state index contributed by atoms with van der Waals surface area (Å²) in [6.45, 7) is 0. The SMILES string of the molecule is O=C(CCC1CCCC1)Nc1ccc2c(c1)C(=O)Nc1ccccc1O2. The van der Waals surface area contributed by atoms with E-state index >= 15 is 0 Å². The van der Waals surface area contributed by atoms with Gasteiger partial charge in [0.1, 0.15) is 5.75 Å². The van der Waals surface area contributed by atoms with Crippen molar-refractivity contribution >= 4 is 23.2 Å². The molecular formula is C21H22N2O3. The third-order valence-corrected chi connectivity index (χ3v) is 5.12. The van der Waals surface area contributed by atoms with Crippen molar-refractivity contribution in [2.24, 2.45) is 5.92 Å². The number of benzene rings is 2. The van der Waals surface area contributed by atoms with Gasteiger partial charge in [-0.2, -0.15) is 0 Å². The second-order valence-corrected chi connectivity index (χ2v) is 7.00. The molecule has 5 heteroatoms. The molecule has 134 valence electrons. The second-order valence-electron chi connectivity index (χ2n) is 7.00. The van der Waals surface area contributed by atoms with E-state index in [2.05, 4.69) is 10.6 Å². The molecule has 2 aliphatic rings. The van der Waals surface area contributed by atoms with Crippen molar-refractivity contribution in [2.45, 2.75) is 38.5 Å². The summed E-state index contributed by atoms with van der Waals surface area (Å²) in [6, 6.07) is 12.5. The average Bonchev–Trinajstić information content (AvgIpc) is 3.11. The van der Waals surface area contributed by atoms with Crippen LogP contribution in [0.15, 0.2) is 42.5 Å². The highest BCUT2D eigenvalue weighted by Crippen LogP contribution is 2.36. The summed E-state index contributed by atoms with van der Waals surface area (Å²) in [4.78, 5) is 24.7. The van der Waals surface area contributed by atoms with Crippen molar-refractivity contribution in [1.82, 2.24) is 0 Å². The van der Waals surface area contributed by atoms with Gasteiger partial charge in [0.15, 0.2) is 5.75 Å². The zero-order valence-corrected chi connectivity index (χ0v) is 14.6. The molecule has 4 rings (SSSR count). The quantitative estimate of drug-likeness (QED) is 0.819. The van der Waals surface area contributed by atoms with Gasteiger partial charge >= 0.3 is 0 Å². The predicted molar refractivity (Wildman–Crippen MR) is 101 cm³/mol. The molecule has 1 heterocycles. The van der Waals surface area contributed by atoms with Crippen LogP contribution in [0.2, 0.25) is 0 Å². The van der Waals surface area contributed by atoms with Gasteiger partial charge in [-0.25, -0.2) is 0 Å². The summed E-state index contributed by atoms with van der Waals surface area (Å²) >= 11 is 0. The molecule has 0 atom stereocenters. The molecule has 5 nitrogen and oxygen atoms in total. The van der Waals surface area contributed by atoms with Gasteiger partial charge in [0.2, 0.25) is 5.91 Å². The molecule has 0 bridgehead atoms. The molecule has 1 aliphatic heterocycles. The zero-order chi connectivity index (χ0) is 17.9. The lowest BCUT2D eigenvalue weighted by atomic mass is 10.0. The monoisotopic (exact) mass is 350 g/mol. The fourth-order valence-corrected chi connectivity index (χ4v) is 3.70. The number of anilines is 2. The maximum absolute atomic E-state index is 12.5. The van der Waals surface area contributed by atoms with E-state index in [0.717, 1.165) is 6.42 Å². The largest absolute Gasteiger partial charge is 0.454 e. The van der Waals surface area contributed by atoms with Crippen molar-refractivity contribution in [3.63, 3.8) is 0 Å². The Morgan fingerprint density at radius 3 is 2.77 bits per heavy atom. The van der Waals surface area contributed by atoms with Crippen LogP contribution in [0.1, 0.15) is 48.9 Å². The van der Waals surface area contributed by atoms with Gasteiger partial charge < -0.3 is 15.4 Å². The fourth-order valence-electron chi connectivity index (χ4n) is 3.70. The lowest BCUT2D eigenvalue weighted by Crippen LogP contribution is -2.14. The van der Waals surface area contributed by atoms with Crippen LogP contribution in [-0.2, 0) is 4.79 Å². The Kier molecular flexibility index (Phi) is 4.61. The average molecular weight is 350 g/mol. The zero-order valence-electron chi connectivity index (χ0n) is 14.6. The van der Waals surface area contributed by atoms with Crippen molar-refractivity contribution in [3.05, 3.63) is 48.0 Å². The number of fused-ring (bicyclic) bond motifs is 2. The van der Waals surface area contributed by atoms with Crippen LogP contribution in [0.4, 0.5) is 11.4 Å². The van der Waals surface area contributed by atoms with Gasteiger partial charge in [0, 0.05) is 12.1 Å². The smallest absolute Gasteiger partial charge is 0.259 e. The molecule has 0 aromatic heterocycles. The number of carbonyl (C=O) groups is 2. The third-order valence-electron chi connectivity index (χ3n) is 5.12. The van der Waals surface area contributed by atoms with E-state index in [1.165, 1.54) is 25.7 Å². The maximum atomic E-state index is 12.5. The van der Waals surface area contributed by atoms with Crippen molar-refractivity contribution in [3.8, 4) is 11.5 Å². The number of para-hydroxylation sites is 2. The number of carbonyl (C=O) groups excluding carboxylic acids is 2. The molecule has 2 aromatic carbocycles. The number of nitrogens with one attached hydrogen (secondary N) is 2. The predicted octanol–water partition coefficient (Wildman–Crippen LogP) is 4.95. The van der Waals surface area contributed by atoms with Gasteiger partial charge in [-0.1, -0.05) is 37.8 Å². The maximum Gasteiger partial charge on any atom is 0.259 e.